The maximum atomic E-state index is 5.04. The van der Waals surface area contributed by atoms with Gasteiger partial charge in [0.25, 0.3) is 0 Å². The van der Waals surface area contributed by atoms with E-state index in [0.717, 1.165) is 39.0 Å². The minimum absolute atomic E-state index is 1.02. The monoisotopic (exact) mass is 503 g/mol. The molecule has 0 bridgehead atoms. The number of nitrogens with zero attached hydrogens (tertiary/aromatic N) is 3. The number of fused-ring (bicyclic) bond motifs is 6. The van der Waals surface area contributed by atoms with Crippen LogP contribution in [0.3, 0.4) is 0 Å². The summed E-state index contributed by atoms with van der Waals surface area (Å²) < 4.78 is 4.96. The number of rotatable bonds is 3. The Morgan fingerprint density at radius 3 is 2.16 bits per heavy atom. The summed E-state index contributed by atoms with van der Waals surface area (Å²) in [5.74, 6) is 0. The predicted molar refractivity (Wildman–Crippen MR) is 160 cm³/mol. The van der Waals surface area contributed by atoms with E-state index in [-0.39, 0.29) is 0 Å². The van der Waals surface area contributed by atoms with Gasteiger partial charge in [-0.1, -0.05) is 66.7 Å². The molecule has 0 saturated carbocycles. The molecule has 0 N–H and O–H groups in total. The van der Waals surface area contributed by atoms with Gasteiger partial charge in [-0.2, -0.15) is 0 Å². The van der Waals surface area contributed by atoms with Crippen molar-refractivity contribution in [3.05, 3.63) is 128 Å². The molecule has 0 atom stereocenters. The van der Waals surface area contributed by atoms with E-state index in [1.807, 2.05) is 42.1 Å². The van der Waals surface area contributed by atoms with Gasteiger partial charge in [-0.15, -0.1) is 11.3 Å². The third-order valence-corrected chi connectivity index (χ3v) is 8.46. The number of benzene rings is 4. The third kappa shape index (κ3) is 3.28. The molecule has 0 saturated heterocycles. The first-order valence-corrected chi connectivity index (χ1v) is 13.5. The first-order valence-electron chi connectivity index (χ1n) is 12.7. The second-order valence-electron chi connectivity index (χ2n) is 9.55. The minimum atomic E-state index is 1.02. The lowest BCUT2D eigenvalue weighted by atomic mass is 10.1. The molecule has 0 fully saturated rings. The minimum Gasteiger partial charge on any atom is -0.308 e. The largest absolute Gasteiger partial charge is 0.308 e. The molecule has 0 aliphatic carbocycles. The molecule has 4 heteroatoms. The molecule has 0 unspecified atom stereocenters. The van der Waals surface area contributed by atoms with Crippen LogP contribution in [0, 0.1) is 0 Å². The van der Waals surface area contributed by atoms with Crippen molar-refractivity contribution in [2.45, 2.75) is 0 Å². The molecule has 8 rings (SSSR count). The maximum absolute atomic E-state index is 5.04. The summed E-state index contributed by atoms with van der Waals surface area (Å²) in [5.41, 5.74) is 8.96. The van der Waals surface area contributed by atoms with Crippen LogP contribution in [-0.2, 0) is 0 Å². The Labute approximate surface area is 223 Å². The molecule has 38 heavy (non-hydrogen) atoms. The molecule has 0 amide bonds. The highest BCUT2D eigenvalue weighted by molar-refractivity contribution is 7.25. The van der Waals surface area contributed by atoms with E-state index in [0.29, 0.717) is 0 Å². The molecule has 0 aliphatic rings. The van der Waals surface area contributed by atoms with Gasteiger partial charge in [0.2, 0.25) is 0 Å². The van der Waals surface area contributed by atoms with Crippen LogP contribution in [0.4, 0.5) is 0 Å². The van der Waals surface area contributed by atoms with Crippen molar-refractivity contribution in [2.24, 2.45) is 0 Å². The molecule has 178 valence electrons. The summed E-state index contributed by atoms with van der Waals surface area (Å²) in [6.07, 6.45) is 5.72. The van der Waals surface area contributed by atoms with E-state index < -0.39 is 0 Å². The Morgan fingerprint density at radius 2 is 1.32 bits per heavy atom. The second kappa shape index (κ2) is 8.37. The zero-order valence-electron chi connectivity index (χ0n) is 20.4. The van der Waals surface area contributed by atoms with Crippen LogP contribution in [0.25, 0.3) is 70.0 Å². The van der Waals surface area contributed by atoms with Gasteiger partial charge >= 0.3 is 0 Å². The van der Waals surface area contributed by atoms with Crippen LogP contribution in [-0.4, -0.2) is 14.5 Å². The van der Waals surface area contributed by atoms with Gasteiger partial charge in [-0.3, -0.25) is 9.97 Å². The van der Waals surface area contributed by atoms with Crippen LogP contribution in [0.2, 0.25) is 0 Å². The molecule has 0 radical (unpaired) electrons. The van der Waals surface area contributed by atoms with Gasteiger partial charge in [0.15, 0.2) is 0 Å². The van der Waals surface area contributed by atoms with Crippen LogP contribution < -0.4 is 0 Å². The van der Waals surface area contributed by atoms with Crippen molar-refractivity contribution < 1.29 is 0 Å². The van der Waals surface area contributed by atoms with Crippen LogP contribution in [0.5, 0.6) is 0 Å². The fourth-order valence-electron chi connectivity index (χ4n) is 5.50. The normalized spacial score (nSPS) is 11.7. The number of hydrogen-bond donors (Lipinski definition) is 0. The molecule has 4 aromatic heterocycles. The third-order valence-electron chi connectivity index (χ3n) is 7.33. The summed E-state index contributed by atoms with van der Waals surface area (Å²) in [5, 5.41) is 3.77. The van der Waals surface area contributed by atoms with Crippen molar-refractivity contribution in [1.29, 1.82) is 0 Å². The number of hydrogen-bond acceptors (Lipinski definition) is 3. The van der Waals surface area contributed by atoms with Crippen LogP contribution in [0.1, 0.15) is 0 Å². The van der Waals surface area contributed by atoms with E-state index in [9.17, 15) is 0 Å². The first-order chi connectivity index (χ1) is 18.8. The summed E-state index contributed by atoms with van der Waals surface area (Å²) in [7, 11) is 0. The van der Waals surface area contributed by atoms with Crippen LogP contribution in [0.15, 0.2) is 128 Å². The number of aromatic nitrogens is 3. The van der Waals surface area contributed by atoms with Crippen LogP contribution >= 0.6 is 11.3 Å². The van der Waals surface area contributed by atoms with Crippen molar-refractivity contribution in [2.75, 3.05) is 0 Å². The van der Waals surface area contributed by atoms with Crippen molar-refractivity contribution in [3.63, 3.8) is 0 Å². The van der Waals surface area contributed by atoms with E-state index in [2.05, 4.69) is 107 Å². The van der Waals surface area contributed by atoms with E-state index >= 15 is 0 Å². The lowest BCUT2D eigenvalue weighted by Crippen LogP contribution is -1.94. The Hall–Kier alpha value is -4.80. The number of thiophene rings is 1. The fraction of sp³-hybridized carbons (Fsp3) is 0. The average Bonchev–Trinajstić information content (AvgIpc) is 3.51. The summed E-state index contributed by atoms with van der Waals surface area (Å²) in [4.78, 5) is 9.33. The smallest absolute Gasteiger partial charge is 0.0964 e. The van der Waals surface area contributed by atoms with Crippen molar-refractivity contribution >= 4 is 53.4 Å². The predicted octanol–water partition coefficient (Wildman–Crippen LogP) is 9.28. The summed E-state index contributed by atoms with van der Waals surface area (Å²) in [6.45, 7) is 0. The lowest BCUT2D eigenvalue weighted by molar-refractivity contribution is 1.18. The highest BCUT2D eigenvalue weighted by atomic mass is 32.1. The summed E-state index contributed by atoms with van der Waals surface area (Å²) >= 11 is 1.85. The molecule has 4 aromatic carbocycles. The summed E-state index contributed by atoms with van der Waals surface area (Å²) in [6, 6.07) is 38.9. The van der Waals surface area contributed by atoms with Crippen molar-refractivity contribution in [3.8, 4) is 27.9 Å². The zero-order valence-corrected chi connectivity index (χ0v) is 21.2. The average molecular weight is 504 g/mol. The van der Waals surface area contributed by atoms with E-state index in [4.69, 9.17) is 4.98 Å². The Kier molecular flexibility index (Phi) is 4.69. The quantitative estimate of drug-likeness (QED) is 0.240. The molecule has 4 heterocycles. The fourth-order valence-corrected chi connectivity index (χ4v) is 6.62. The molecule has 3 nitrogen and oxygen atoms in total. The SMILES string of the molecule is c1ccc(-c2cnc3c4cc5c(cc4n(-c4ccc(-c6cccnc6)cc4)c3c2)sc2ccccc25)cc1. The zero-order chi connectivity index (χ0) is 25.1. The topological polar surface area (TPSA) is 30.7 Å². The molecule has 8 aromatic rings. The van der Waals surface area contributed by atoms with E-state index in [1.54, 1.807) is 0 Å². The highest BCUT2D eigenvalue weighted by Gasteiger charge is 2.17. The standard InChI is InChI=1S/C34H21N3S/c1-2-7-22(8-3-1)25-17-31-34(36-21-25)29-18-28-27-10-4-5-11-32(27)38-33(28)19-30(29)37(31)26-14-12-23(13-15-26)24-9-6-16-35-20-24/h1-21H. The van der Waals surface area contributed by atoms with Gasteiger partial charge in [-0.25, -0.2) is 0 Å². The first kappa shape index (κ1) is 21.3. The van der Waals surface area contributed by atoms with Gasteiger partial charge in [0.1, 0.15) is 0 Å². The Balaban J connectivity index is 1.42. The van der Waals surface area contributed by atoms with Gasteiger partial charge < -0.3 is 4.57 Å². The van der Waals surface area contributed by atoms with Gasteiger partial charge in [0, 0.05) is 55.4 Å². The molecular formula is C34H21N3S. The number of pyridine rings is 2. The molecular weight excluding hydrogens is 482 g/mol. The Morgan fingerprint density at radius 1 is 0.526 bits per heavy atom. The van der Waals surface area contributed by atoms with Gasteiger partial charge in [-0.05, 0) is 59.2 Å². The highest BCUT2D eigenvalue weighted by Crippen LogP contribution is 2.40. The maximum Gasteiger partial charge on any atom is 0.0964 e. The van der Waals surface area contributed by atoms with Crippen molar-refractivity contribution in [1.82, 2.24) is 14.5 Å². The molecule has 0 spiro atoms. The second-order valence-corrected chi connectivity index (χ2v) is 10.6. The Bertz CT molecular complexity index is 2110. The molecule has 0 aliphatic heterocycles. The van der Waals surface area contributed by atoms with Gasteiger partial charge in [0.05, 0.1) is 16.6 Å². The van der Waals surface area contributed by atoms with E-state index in [1.165, 1.54) is 31.1 Å². The lowest BCUT2D eigenvalue weighted by Gasteiger charge is -2.10.